The first-order valence-electron chi connectivity index (χ1n) is 10.9. The van der Waals surface area contributed by atoms with Crippen LogP contribution in [0.2, 0.25) is 5.02 Å². The second-order valence-electron chi connectivity index (χ2n) is 7.79. The third-order valence-electron chi connectivity index (χ3n) is 5.27. The van der Waals surface area contributed by atoms with Gasteiger partial charge in [-0.15, -0.1) is 0 Å². The lowest BCUT2D eigenvalue weighted by Gasteiger charge is -2.14. The molecule has 0 fully saturated rings. The molecule has 0 radical (unpaired) electrons. The Morgan fingerprint density at radius 2 is 1.89 bits per heavy atom. The molecule has 2 aromatic heterocycles. The van der Waals surface area contributed by atoms with Crippen LogP contribution in [0.1, 0.15) is 24.7 Å². The van der Waals surface area contributed by atoms with E-state index in [2.05, 4.69) is 15.0 Å². The van der Waals surface area contributed by atoms with Crippen molar-refractivity contribution in [3.63, 3.8) is 0 Å². The van der Waals surface area contributed by atoms with E-state index in [1.165, 1.54) is 4.57 Å². The molecule has 0 saturated heterocycles. The van der Waals surface area contributed by atoms with Gasteiger partial charge in [-0.2, -0.15) is 4.68 Å². The SMILES string of the molecule is CCOC(=O)CCn1c(=O)n(N)/c(=N\c2ccc3nc(C)[nH]c3c2)n(Cc2ccc(Cl)cc2)c1=O. The van der Waals surface area contributed by atoms with Crippen molar-refractivity contribution in [1.82, 2.24) is 23.8 Å². The van der Waals surface area contributed by atoms with Crippen LogP contribution in [0.4, 0.5) is 5.69 Å². The molecule has 4 rings (SSSR count). The molecule has 182 valence electrons. The monoisotopic (exact) mass is 497 g/mol. The number of nitrogens with two attached hydrogens (primary N) is 1. The predicted molar refractivity (Wildman–Crippen MR) is 131 cm³/mol. The van der Waals surface area contributed by atoms with Gasteiger partial charge in [0, 0.05) is 11.6 Å². The number of nitrogens with zero attached hydrogens (tertiary/aromatic N) is 5. The van der Waals surface area contributed by atoms with Gasteiger partial charge in [-0.1, -0.05) is 23.7 Å². The Balaban J connectivity index is 1.88. The molecule has 0 amide bonds. The summed E-state index contributed by atoms with van der Waals surface area (Å²) >= 11 is 5.99. The van der Waals surface area contributed by atoms with Gasteiger partial charge in [0.25, 0.3) is 0 Å². The number of aromatic amines is 1. The quantitative estimate of drug-likeness (QED) is 0.293. The summed E-state index contributed by atoms with van der Waals surface area (Å²) < 4.78 is 7.88. The third-order valence-corrected chi connectivity index (χ3v) is 5.52. The van der Waals surface area contributed by atoms with E-state index in [1.807, 2.05) is 6.92 Å². The number of rotatable bonds is 7. The largest absolute Gasteiger partial charge is 0.466 e. The molecule has 3 N–H and O–H groups in total. The number of ether oxygens (including phenoxy) is 1. The normalized spacial score (nSPS) is 11.8. The van der Waals surface area contributed by atoms with Crippen molar-refractivity contribution in [2.24, 2.45) is 4.99 Å². The minimum absolute atomic E-state index is 0.0575. The van der Waals surface area contributed by atoms with E-state index in [4.69, 9.17) is 22.2 Å². The van der Waals surface area contributed by atoms with Gasteiger partial charge in [0.1, 0.15) is 5.82 Å². The number of benzene rings is 2. The van der Waals surface area contributed by atoms with Crippen LogP contribution in [0.15, 0.2) is 57.0 Å². The molecule has 0 bridgehead atoms. The van der Waals surface area contributed by atoms with Gasteiger partial charge in [0.15, 0.2) is 0 Å². The van der Waals surface area contributed by atoms with Crippen LogP contribution >= 0.6 is 11.6 Å². The molecule has 35 heavy (non-hydrogen) atoms. The van der Waals surface area contributed by atoms with Gasteiger partial charge in [-0.05, 0) is 49.7 Å². The highest BCUT2D eigenvalue weighted by atomic mass is 35.5. The second-order valence-corrected chi connectivity index (χ2v) is 8.23. The maximum absolute atomic E-state index is 13.4. The molecule has 2 aromatic carbocycles. The zero-order valence-corrected chi connectivity index (χ0v) is 20.0. The van der Waals surface area contributed by atoms with Crippen LogP contribution in [-0.4, -0.2) is 36.4 Å². The number of H-pyrrole nitrogens is 1. The first-order chi connectivity index (χ1) is 16.8. The average Bonchev–Trinajstić information content (AvgIpc) is 3.20. The van der Waals surface area contributed by atoms with Crippen LogP contribution in [0, 0.1) is 6.92 Å². The van der Waals surface area contributed by atoms with E-state index >= 15 is 0 Å². The van der Waals surface area contributed by atoms with Crippen molar-refractivity contribution in [1.29, 1.82) is 0 Å². The molecule has 0 aliphatic carbocycles. The smallest absolute Gasteiger partial charge is 0.353 e. The molecular weight excluding hydrogens is 474 g/mol. The third kappa shape index (κ3) is 5.19. The van der Waals surface area contributed by atoms with Gasteiger partial charge >= 0.3 is 17.3 Å². The predicted octanol–water partition coefficient (Wildman–Crippen LogP) is 1.60. The lowest BCUT2D eigenvalue weighted by atomic mass is 10.2. The van der Waals surface area contributed by atoms with Gasteiger partial charge in [-0.25, -0.2) is 24.1 Å². The number of nitrogens with one attached hydrogen (secondary N) is 1. The topological polar surface area (TPSA) is 142 Å². The van der Waals surface area contributed by atoms with E-state index in [0.717, 1.165) is 31.7 Å². The van der Waals surface area contributed by atoms with Crippen molar-refractivity contribution in [2.75, 3.05) is 12.4 Å². The zero-order chi connectivity index (χ0) is 25.1. The van der Waals surface area contributed by atoms with Gasteiger partial charge in [0.2, 0.25) is 5.62 Å². The summed E-state index contributed by atoms with van der Waals surface area (Å²) in [7, 11) is 0. The minimum Gasteiger partial charge on any atom is -0.466 e. The molecule has 0 aliphatic rings. The number of nitrogen functional groups attached to an aromatic ring is 1. The molecule has 0 unspecified atom stereocenters. The number of aromatic nitrogens is 5. The number of hydrogen-bond acceptors (Lipinski definition) is 7. The highest BCUT2D eigenvalue weighted by molar-refractivity contribution is 6.30. The van der Waals surface area contributed by atoms with Gasteiger partial charge in [-0.3, -0.25) is 9.36 Å². The zero-order valence-electron chi connectivity index (χ0n) is 19.2. The molecule has 4 aromatic rings. The Hall–Kier alpha value is -4.12. The Bertz CT molecular complexity index is 1580. The molecule has 2 heterocycles. The molecule has 0 saturated carbocycles. The molecule has 11 nitrogen and oxygen atoms in total. The fourth-order valence-electron chi connectivity index (χ4n) is 3.62. The summed E-state index contributed by atoms with van der Waals surface area (Å²) in [5.74, 6) is 6.35. The first kappa shape index (κ1) is 24.0. The summed E-state index contributed by atoms with van der Waals surface area (Å²) in [5.41, 5.74) is 1.20. The van der Waals surface area contributed by atoms with Crippen molar-refractivity contribution >= 4 is 34.3 Å². The van der Waals surface area contributed by atoms with E-state index < -0.39 is 17.3 Å². The lowest BCUT2D eigenvalue weighted by Crippen LogP contribution is -2.57. The van der Waals surface area contributed by atoms with Crippen LogP contribution in [0.5, 0.6) is 0 Å². The summed E-state index contributed by atoms with van der Waals surface area (Å²) in [6.07, 6.45) is -0.156. The number of halogens is 1. The summed E-state index contributed by atoms with van der Waals surface area (Å²) in [6, 6.07) is 12.1. The maximum Gasteiger partial charge on any atom is 0.353 e. The average molecular weight is 498 g/mol. The standard InChI is InChI=1S/C23H24ClN7O4/c1-3-35-20(32)10-11-29-22(33)30(13-15-4-6-16(24)7-5-15)21(31(25)23(29)34)28-17-8-9-18-19(12-17)27-14(2)26-18/h4-9,12H,3,10-11,13,25H2,1-2H3,(H,26,27)/b28-21-. The molecule has 0 atom stereocenters. The number of aryl methyl sites for hydroxylation is 1. The van der Waals surface area contributed by atoms with E-state index in [-0.39, 0.29) is 31.7 Å². The number of esters is 1. The van der Waals surface area contributed by atoms with Crippen molar-refractivity contribution in [2.45, 2.75) is 33.4 Å². The second kappa shape index (κ2) is 10.0. The van der Waals surface area contributed by atoms with Crippen LogP contribution in [0.25, 0.3) is 11.0 Å². The van der Waals surface area contributed by atoms with Crippen LogP contribution in [-0.2, 0) is 22.6 Å². The molecular formula is C23H24ClN7O4. The summed E-state index contributed by atoms with van der Waals surface area (Å²) in [6.45, 7) is 3.59. The summed E-state index contributed by atoms with van der Waals surface area (Å²) in [5, 5.41) is 0.544. The van der Waals surface area contributed by atoms with Gasteiger partial charge in [0.05, 0.1) is 36.3 Å². The van der Waals surface area contributed by atoms with Crippen molar-refractivity contribution in [3.05, 3.63) is 85.5 Å². The highest BCUT2D eigenvalue weighted by Gasteiger charge is 2.15. The molecule has 0 aliphatic heterocycles. The Kier molecular flexibility index (Phi) is 6.87. The Morgan fingerprint density at radius 1 is 1.14 bits per heavy atom. The molecule has 12 heteroatoms. The van der Waals surface area contributed by atoms with Crippen molar-refractivity contribution in [3.8, 4) is 0 Å². The van der Waals surface area contributed by atoms with Crippen molar-refractivity contribution < 1.29 is 9.53 Å². The van der Waals surface area contributed by atoms with E-state index in [0.29, 0.717) is 10.7 Å². The fourth-order valence-corrected chi connectivity index (χ4v) is 3.75. The fraction of sp³-hybridized carbons (Fsp3) is 0.261. The minimum atomic E-state index is -0.802. The van der Waals surface area contributed by atoms with Crippen LogP contribution in [0.3, 0.4) is 0 Å². The summed E-state index contributed by atoms with van der Waals surface area (Å²) in [4.78, 5) is 50.2. The Labute approximate surface area is 204 Å². The number of carbonyl (C=O) groups excluding carboxylic acids is 1. The maximum atomic E-state index is 13.4. The number of hydrogen-bond donors (Lipinski definition) is 2. The Morgan fingerprint density at radius 3 is 2.60 bits per heavy atom. The highest BCUT2D eigenvalue weighted by Crippen LogP contribution is 2.18. The number of carbonyl (C=O) groups is 1. The lowest BCUT2D eigenvalue weighted by molar-refractivity contribution is -0.143. The molecule has 0 spiro atoms. The number of imidazole rings is 1. The van der Waals surface area contributed by atoms with E-state index in [1.54, 1.807) is 49.4 Å². The van der Waals surface area contributed by atoms with E-state index in [9.17, 15) is 14.4 Å². The van der Waals surface area contributed by atoms with Crippen LogP contribution < -0.4 is 22.8 Å². The first-order valence-corrected chi connectivity index (χ1v) is 11.3. The van der Waals surface area contributed by atoms with Gasteiger partial charge < -0.3 is 15.6 Å². The number of fused-ring (bicyclic) bond motifs is 1.